The van der Waals surface area contributed by atoms with E-state index in [0.717, 1.165) is 21.4 Å². The van der Waals surface area contributed by atoms with Gasteiger partial charge in [0.2, 0.25) is 47.0 Å². The number of oxazole rings is 2. The highest BCUT2D eigenvalue weighted by Crippen LogP contribution is 2.34. The Kier molecular flexibility index (Phi) is 25.0. The third-order valence-corrected chi connectivity index (χ3v) is 20.7. The number of nitrogens with one attached hydrogen (secondary N) is 2. The van der Waals surface area contributed by atoms with Crippen molar-refractivity contribution in [3.05, 3.63) is 171 Å². The number of nitrogens with zero attached hydrogens (tertiary/aromatic N) is 14. The number of aryl methyl sites for hydroxylation is 8. The minimum absolute atomic E-state index is 0.0249. The van der Waals surface area contributed by atoms with Crippen LogP contribution in [0.1, 0.15) is 167 Å². The Morgan fingerprint density at radius 1 is 0.482 bits per heavy atom. The molecule has 12 rings (SSSR count). The average Bonchev–Trinajstić information content (AvgIpc) is 1.41. The average molecular weight is 1570 g/mol. The van der Waals surface area contributed by atoms with Crippen LogP contribution < -0.4 is 52.6 Å². The number of aliphatic hydroxyl groups excluding tert-OH is 2. The third kappa shape index (κ3) is 17.5. The maximum absolute atomic E-state index is 13.6. The highest BCUT2D eigenvalue weighted by Gasteiger charge is 2.27. The number of anilines is 2. The molecule has 0 aliphatic rings. The standard InChI is InChI=1S/C36H38N10O8S.C36H38N10O6S3/c1-5-22-28(53-18(3)40-22)33(50)43-35-42-24-14-21(31(38)49)17-39-32(24)46(35)11-8-7-10-45-27-25(52-13-9-12-47)15-20(30(37)48)16-26(27)55-36(45)44-34(51)29-23(6-2)41-19(4)54-29;1-5-22-28(53-18(3)40-22)33(50)43-35-42-24-14-20(30(37)48)15-25(52-13-9-12-47)27(24)45(35)10-7-8-11-46-32-26(16-21(17-39-32)31(38)49)55-36(46)44-34(51)29-23(6-2)41-19(4)54-29/h2*7-8,14-17,47H,5-6,9-13H2,1-4H3,(H2,37,48)(H2,38,49)(H,42,43,50)/b2*8-7+,44-36?. The molecule has 8 amide bonds. The lowest BCUT2D eigenvalue weighted by Gasteiger charge is -2.12. The molecule has 110 heavy (non-hydrogen) atoms. The molecule has 0 bridgehead atoms. The molecule has 12 aromatic rings. The number of imidazole rings is 2. The van der Waals surface area contributed by atoms with Gasteiger partial charge in [0.15, 0.2) is 32.7 Å². The number of aliphatic hydroxyl groups is 2. The van der Waals surface area contributed by atoms with E-state index >= 15 is 0 Å². The summed E-state index contributed by atoms with van der Waals surface area (Å²) in [6.45, 7) is 15.3. The van der Waals surface area contributed by atoms with E-state index in [-0.39, 0.29) is 109 Å². The molecule has 12 N–H and O–H groups in total. The summed E-state index contributed by atoms with van der Waals surface area (Å²) >= 11 is 4.91. The van der Waals surface area contributed by atoms with E-state index in [1.807, 2.05) is 53.7 Å². The zero-order valence-electron chi connectivity index (χ0n) is 60.8. The zero-order chi connectivity index (χ0) is 78.8. The second-order valence-corrected chi connectivity index (χ2v) is 28.7. The van der Waals surface area contributed by atoms with Crippen LogP contribution in [0.5, 0.6) is 11.5 Å². The van der Waals surface area contributed by atoms with Gasteiger partial charge in [-0.3, -0.25) is 58.1 Å². The summed E-state index contributed by atoms with van der Waals surface area (Å²) in [4.78, 5) is 148. The minimum atomic E-state index is -0.689. The van der Waals surface area contributed by atoms with Gasteiger partial charge in [-0.25, -0.2) is 39.9 Å². The Bertz CT molecular complexity index is 5820. The number of carbonyl (C=O) groups is 8. The van der Waals surface area contributed by atoms with Crippen LogP contribution in [-0.4, -0.2) is 142 Å². The van der Waals surface area contributed by atoms with Gasteiger partial charge in [-0.15, -0.1) is 22.7 Å². The maximum Gasteiger partial charge on any atom is 0.317 e. The highest BCUT2D eigenvalue weighted by molar-refractivity contribution is 7.17. The van der Waals surface area contributed by atoms with E-state index in [4.69, 9.17) is 46.2 Å². The van der Waals surface area contributed by atoms with Gasteiger partial charge in [0.25, 0.3) is 17.7 Å². The third-order valence-electron chi connectivity index (χ3n) is 16.6. The SMILES string of the molecule is CCc1nc(C)oc1C(=O)N=c1sc2cc(C(N)=O)cc(OCCCO)c2n1C/C=C/Cn1c(NC(=O)c2oc(C)nc2CC)nc2cc(C(N)=O)cnc21.CCc1nc(C)sc1C(=O)N=c1sc2cc(C(N)=O)cnc2n1C/C=C/Cn1c(NC(=O)c2sc(C)nc2CC)nc2cc(C(N)=O)cc(OCCCO)c21. The summed E-state index contributed by atoms with van der Waals surface area (Å²) in [5.41, 5.74) is 27.8. The van der Waals surface area contributed by atoms with E-state index < -0.39 is 41.4 Å². The molecule has 10 aromatic heterocycles. The molecule has 572 valence electrons. The van der Waals surface area contributed by atoms with Crippen molar-refractivity contribution in [1.82, 2.24) is 58.1 Å². The molecule has 0 spiro atoms. The van der Waals surface area contributed by atoms with Gasteiger partial charge < -0.3 is 60.6 Å². The molecule has 0 saturated carbocycles. The number of allylic oxidation sites excluding steroid dienone is 4. The van der Waals surface area contributed by atoms with Crippen LogP contribution in [0.15, 0.2) is 91.9 Å². The second-order valence-electron chi connectivity index (χ2n) is 24.3. The van der Waals surface area contributed by atoms with Crippen LogP contribution in [0.4, 0.5) is 11.9 Å². The fourth-order valence-corrected chi connectivity index (χ4v) is 15.5. The molecule has 0 aliphatic carbocycles. The Morgan fingerprint density at radius 2 is 0.936 bits per heavy atom. The Morgan fingerprint density at radius 3 is 1.54 bits per heavy atom. The van der Waals surface area contributed by atoms with Crippen LogP contribution in [0.2, 0.25) is 0 Å². The van der Waals surface area contributed by atoms with Crippen LogP contribution in [0.3, 0.4) is 0 Å². The quantitative estimate of drug-likeness (QED) is 0.0158. The Hall–Kier alpha value is -12.1. The van der Waals surface area contributed by atoms with Crippen molar-refractivity contribution in [2.24, 2.45) is 32.9 Å². The fraction of sp³-hybridized carbons (Fsp3) is 0.306. The maximum atomic E-state index is 13.6. The summed E-state index contributed by atoms with van der Waals surface area (Å²) < 4.78 is 31.3. The number of rotatable bonds is 30. The van der Waals surface area contributed by atoms with Crippen molar-refractivity contribution in [2.75, 3.05) is 37.1 Å². The number of amides is 8. The summed E-state index contributed by atoms with van der Waals surface area (Å²) in [5.74, 6) is -3.06. The molecule has 0 saturated heterocycles. The summed E-state index contributed by atoms with van der Waals surface area (Å²) in [5, 5.41) is 26.0. The monoisotopic (exact) mass is 1570 g/mol. The number of aromatic nitrogens is 12. The van der Waals surface area contributed by atoms with Crippen LogP contribution in [0, 0.1) is 27.7 Å². The lowest BCUT2D eigenvalue weighted by molar-refractivity contribution is 0.0964. The second kappa shape index (κ2) is 34.9. The lowest BCUT2D eigenvalue weighted by Crippen LogP contribution is -2.18. The number of pyridine rings is 2. The molecular weight excluding hydrogens is 1500 g/mol. The summed E-state index contributed by atoms with van der Waals surface area (Å²) in [6.07, 6.45) is 12.7. The largest absolute Gasteiger partial charge is 0.491 e. The smallest absolute Gasteiger partial charge is 0.317 e. The predicted molar refractivity (Wildman–Crippen MR) is 411 cm³/mol. The van der Waals surface area contributed by atoms with E-state index in [9.17, 15) is 48.6 Å². The number of hydrogen-bond acceptors (Lipinski definition) is 26. The van der Waals surface area contributed by atoms with Gasteiger partial charge in [0.1, 0.15) is 37.8 Å². The van der Waals surface area contributed by atoms with Gasteiger partial charge in [-0.05, 0) is 75.9 Å². The van der Waals surface area contributed by atoms with Gasteiger partial charge >= 0.3 is 5.91 Å². The van der Waals surface area contributed by atoms with E-state index in [0.29, 0.717) is 142 Å². The summed E-state index contributed by atoms with van der Waals surface area (Å²) in [6, 6.07) is 9.24. The fourth-order valence-electron chi connectivity index (χ4n) is 11.5. The number of nitrogens with two attached hydrogens (primary N) is 4. The number of fused-ring (bicyclic) bond motifs is 4. The molecule has 0 radical (unpaired) electrons. The van der Waals surface area contributed by atoms with Crippen LogP contribution in [0.25, 0.3) is 42.8 Å². The Balaban J connectivity index is 0.000000218. The van der Waals surface area contributed by atoms with Crippen molar-refractivity contribution in [2.45, 2.75) is 120 Å². The van der Waals surface area contributed by atoms with Crippen LogP contribution >= 0.6 is 45.3 Å². The van der Waals surface area contributed by atoms with Gasteiger partial charge in [0.05, 0.1) is 72.0 Å². The number of hydrogen-bond donors (Lipinski definition) is 8. The van der Waals surface area contributed by atoms with Crippen LogP contribution in [-0.2, 0) is 51.9 Å². The molecule has 0 aliphatic heterocycles. The number of primary amides is 4. The van der Waals surface area contributed by atoms with E-state index in [1.165, 1.54) is 70.7 Å². The molecular formula is C72H76N20O14S4. The number of ether oxygens (including phenoxy) is 2. The number of benzene rings is 2. The molecule has 10 heterocycles. The van der Waals surface area contributed by atoms with Gasteiger partial charge in [-0.2, -0.15) is 9.98 Å². The summed E-state index contributed by atoms with van der Waals surface area (Å²) in [7, 11) is 0. The van der Waals surface area contributed by atoms with E-state index in [2.05, 4.69) is 55.5 Å². The Labute approximate surface area is 641 Å². The van der Waals surface area contributed by atoms with Crippen molar-refractivity contribution >= 4 is 147 Å². The normalized spacial score (nSPS) is 12.0. The molecule has 0 fully saturated rings. The van der Waals surface area contributed by atoms with Crippen molar-refractivity contribution in [3.8, 4) is 11.5 Å². The van der Waals surface area contributed by atoms with Crippen molar-refractivity contribution in [3.63, 3.8) is 0 Å². The minimum Gasteiger partial charge on any atom is -0.491 e. The van der Waals surface area contributed by atoms with Gasteiger partial charge in [-0.1, -0.05) is 74.7 Å². The van der Waals surface area contributed by atoms with Crippen molar-refractivity contribution < 1.29 is 66.9 Å². The zero-order valence-corrected chi connectivity index (χ0v) is 64.1. The highest BCUT2D eigenvalue weighted by atomic mass is 32.1. The molecule has 2 aromatic carbocycles. The molecule has 0 unspecified atom stereocenters. The predicted octanol–water partition coefficient (Wildman–Crippen LogP) is 7.68. The first-order chi connectivity index (χ1) is 52.8. The van der Waals surface area contributed by atoms with Crippen molar-refractivity contribution in [1.29, 1.82) is 0 Å². The lowest BCUT2D eigenvalue weighted by atomic mass is 10.1. The van der Waals surface area contributed by atoms with E-state index in [1.54, 1.807) is 56.4 Å². The molecule has 34 nitrogen and oxygen atoms in total. The number of thiazole rings is 4. The first kappa shape index (κ1) is 79.0. The first-order valence-corrected chi connectivity index (χ1v) is 37.8. The molecule has 38 heteroatoms. The number of carbonyl (C=O) groups excluding carboxylic acids is 8. The molecule has 0 atom stereocenters. The van der Waals surface area contributed by atoms with Gasteiger partial charge in [0, 0.05) is 89.6 Å². The first-order valence-electron chi connectivity index (χ1n) is 34.5. The topological polar surface area (TPSA) is 497 Å².